The van der Waals surface area contributed by atoms with Gasteiger partial charge in [-0.15, -0.1) is 35.3 Å². The van der Waals surface area contributed by atoms with Crippen molar-refractivity contribution < 1.29 is 4.74 Å². The molecule has 1 unspecified atom stereocenters. The van der Waals surface area contributed by atoms with Crippen LogP contribution in [0.5, 0.6) is 0 Å². The molecule has 0 saturated heterocycles. The Balaban J connectivity index is 0.00000288. The summed E-state index contributed by atoms with van der Waals surface area (Å²) in [7, 11) is 2.09. The Kier molecular flexibility index (Phi) is 10.9. The van der Waals surface area contributed by atoms with Gasteiger partial charge in [-0.25, -0.2) is 0 Å². The van der Waals surface area contributed by atoms with Gasteiger partial charge in [-0.2, -0.15) is 0 Å². The maximum atomic E-state index is 5.73. The molecule has 0 spiro atoms. The maximum absolute atomic E-state index is 5.73. The quantitative estimate of drug-likeness (QED) is 0.247. The Labute approximate surface area is 168 Å². The normalized spacial score (nSPS) is 15.7. The molecule has 0 aromatic carbocycles. The molecule has 1 aromatic rings. The lowest BCUT2D eigenvalue weighted by Crippen LogP contribution is -2.41. The van der Waals surface area contributed by atoms with Gasteiger partial charge in [-0.3, -0.25) is 4.99 Å². The van der Waals surface area contributed by atoms with Crippen molar-refractivity contribution in [2.24, 2.45) is 16.8 Å². The van der Waals surface area contributed by atoms with Gasteiger partial charge < -0.3 is 15.0 Å². The first-order valence-electron chi connectivity index (χ1n) is 8.78. The number of guanidine groups is 1. The standard InChI is InChI=1S/C18H31N3OS.HI/c1-4-19-18(21(3)9-10-22-14-16-7-8-16)20-13-15(2)12-17-6-5-11-23-17;/h5-6,11,15-16H,4,7-10,12-14H2,1-3H3,(H,19,20);1H. The molecule has 0 amide bonds. The van der Waals surface area contributed by atoms with Crippen LogP contribution in [0.25, 0.3) is 0 Å². The number of nitrogens with one attached hydrogen (secondary N) is 1. The summed E-state index contributed by atoms with van der Waals surface area (Å²) in [4.78, 5) is 8.42. The molecule has 1 N–H and O–H groups in total. The number of aliphatic imine (C=N–C) groups is 1. The highest BCUT2D eigenvalue weighted by Crippen LogP contribution is 2.28. The van der Waals surface area contributed by atoms with E-state index in [0.717, 1.165) is 51.1 Å². The van der Waals surface area contributed by atoms with Crippen LogP contribution in [-0.2, 0) is 11.2 Å². The summed E-state index contributed by atoms with van der Waals surface area (Å²) in [6.07, 6.45) is 3.80. The fourth-order valence-corrected chi connectivity index (χ4v) is 3.26. The molecule has 1 saturated carbocycles. The highest BCUT2D eigenvalue weighted by atomic mass is 127. The van der Waals surface area contributed by atoms with Crippen molar-refractivity contribution in [1.29, 1.82) is 0 Å². The molecule has 1 fully saturated rings. The van der Waals surface area contributed by atoms with E-state index in [2.05, 4.69) is 48.6 Å². The lowest BCUT2D eigenvalue weighted by molar-refractivity contribution is 0.115. The molecular weight excluding hydrogens is 433 g/mol. The van der Waals surface area contributed by atoms with Crippen LogP contribution in [0.3, 0.4) is 0 Å². The SMILES string of the molecule is CCNC(=NCC(C)Cc1cccs1)N(C)CCOCC1CC1.I. The van der Waals surface area contributed by atoms with E-state index in [1.807, 2.05) is 11.3 Å². The molecule has 0 aliphatic heterocycles. The van der Waals surface area contributed by atoms with Gasteiger partial charge in [0.05, 0.1) is 6.61 Å². The molecule has 1 aliphatic rings. The number of likely N-dealkylation sites (N-methyl/N-ethyl adjacent to an activating group) is 1. The zero-order chi connectivity index (χ0) is 16.5. The average Bonchev–Trinajstić information content (AvgIpc) is 3.23. The number of hydrogen-bond donors (Lipinski definition) is 1. The molecular formula is C18H32IN3OS. The highest BCUT2D eigenvalue weighted by molar-refractivity contribution is 14.0. The second-order valence-electron chi connectivity index (χ2n) is 6.52. The molecule has 1 atom stereocenters. The first-order valence-corrected chi connectivity index (χ1v) is 9.66. The van der Waals surface area contributed by atoms with Crippen molar-refractivity contribution in [2.45, 2.75) is 33.1 Å². The zero-order valence-corrected chi connectivity index (χ0v) is 18.3. The third kappa shape index (κ3) is 8.67. The van der Waals surface area contributed by atoms with Crippen molar-refractivity contribution >= 4 is 41.3 Å². The Morgan fingerprint density at radius 3 is 2.92 bits per heavy atom. The van der Waals surface area contributed by atoms with Crippen LogP contribution in [0.1, 0.15) is 31.6 Å². The minimum Gasteiger partial charge on any atom is -0.379 e. The van der Waals surface area contributed by atoms with E-state index in [-0.39, 0.29) is 24.0 Å². The van der Waals surface area contributed by atoms with Crippen LogP contribution in [0.15, 0.2) is 22.5 Å². The summed E-state index contributed by atoms with van der Waals surface area (Å²) >= 11 is 1.83. The summed E-state index contributed by atoms with van der Waals surface area (Å²) in [5.41, 5.74) is 0. The van der Waals surface area contributed by atoms with E-state index in [9.17, 15) is 0 Å². The summed E-state index contributed by atoms with van der Waals surface area (Å²) < 4.78 is 5.73. The van der Waals surface area contributed by atoms with Crippen molar-refractivity contribution in [3.05, 3.63) is 22.4 Å². The van der Waals surface area contributed by atoms with Crippen molar-refractivity contribution in [2.75, 3.05) is 39.9 Å². The van der Waals surface area contributed by atoms with Gasteiger partial charge in [0.25, 0.3) is 0 Å². The monoisotopic (exact) mass is 465 g/mol. The predicted octanol–water partition coefficient (Wildman–Crippen LogP) is 3.87. The van der Waals surface area contributed by atoms with Gasteiger partial charge in [0, 0.05) is 38.2 Å². The van der Waals surface area contributed by atoms with E-state index >= 15 is 0 Å². The summed E-state index contributed by atoms with van der Waals surface area (Å²) in [5, 5.41) is 5.53. The minimum absolute atomic E-state index is 0. The van der Waals surface area contributed by atoms with Gasteiger partial charge >= 0.3 is 0 Å². The van der Waals surface area contributed by atoms with Gasteiger partial charge in [-0.1, -0.05) is 13.0 Å². The number of rotatable bonds is 10. The molecule has 24 heavy (non-hydrogen) atoms. The van der Waals surface area contributed by atoms with Gasteiger partial charge in [0.1, 0.15) is 0 Å². The fraction of sp³-hybridized carbons (Fsp3) is 0.722. The van der Waals surface area contributed by atoms with E-state index < -0.39 is 0 Å². The second kappa shape index (κ2) is 12.1. The molecule has 1 heterocycles. The molecule has 6 heteroatoms. The van der Waals surface area contributed by atoms with E-state index in [0.29, 0.717) is 5.92 Å². The van der Waals surface area contributed by atoms with Gasteiger partial charge in [-0.05, 0) is 49.5 Å². The van der Waals surface area contributed by atoms with E-state index in [4.69, 9.17) is 9.73 Å². The largest absolute Gasteiger partial charge is 0.379 e. The van der Waals surface area contributed by atoms with Gasteiger partial charge in [0.15, 0.2) is 5.96 Å². The highest BCUT2D eigenvalue weighted by Gasteiger charge is 2.21. The molecule has 138 valence electrons. The third-order valence-electron chi connectivity index (χ3n) is 4.00. The average molecular weight is 465 g/mol. The Morgan fingerprint density at radius 1 is 1.50 bits per heavy atom. The van der Waals surface area contributed by atoms with Crippen molar-refractivity contribution in [3.63, 3.8) is 0 Å². The number of hydrogen-bond acceptors (Lipinski definition) is 3. The molecule has 1 aliphatic carbocycles. The second-order valence-corrected chi connectivity index (χ2v) is 7.56. The molecule has 0 radical (unpaired) electrons. The smallest absolute Gasteiger partial charge is 0.193 e. The predicted molar refractivity (Wildman–Crippen MR) is 115 cm³/mol. The summed E-state index contributed by atoms with van der Waals surface area (Å²) in [5.74, 6) is 2.38. The summed E-state index contributed by atoms with van der Waals surface area (Å²) in [6, 6.07) is 4.33. The zero-order valence-electron chi connectivity index (χ0n) is 15.2. The van der Waals surface area contributed by atoms with Crippen LogP contribution < -0.4 is 5.32 Å². The lowest BCUT2D eigenvalue weighted by Gasteiger charge is -2.22. The molecule has 0 bridgehead atoms. The Bertz CT molecular complexity index is 463. The topological polar surface area (TPSA) is 36.9 Å². The van der Waals surface area contributed by atoms with Crippen LogP contribution in [0.4, 0.5) is 0 Å². The number of thiophene rings is 1. The van der Waals surface area contributed by atoms with Crippen LogP contribution >= 0.6 is 35.3 Å². The Hall–Kier alpha value is -0.340. The Morgan fingerprint density at radius 2 is 2.29 bits per heavy atom. The van der Waals surface area contributed by atoms with E-state index in [1.54, 1.807) is 0 Å². The van der Waals surface area contributed by atoms with Crippen LogP contribution in [-0.4, -0.2) is 50.8 Å². The molecule has 4 nitrogen and oxygen atoms in total. The first-order chi connectivity index (χ1) is 11.2. The van der Waals surface area contributed by atoms with Crippen LogP contribution in [0, 0.1) is 11.8 Å². The fourth-order valence-electron chi connectivity index (χ4n) is 2.39. The number of ether oxygens (including phenoxy) is 1. The number of nitrogens with zero attached hydrogens (tertiary/aromatic N) is 2. The van der Waals surface area contributed by atoms with Gasteiger partial charge in [0.2, 0.25) is 0 Å². The maximum Gasteiger partial charge on any atom is 0.193 e. The molecule has 1 aromatic heterocycles. The minimum atomic E-state index is 0. The van der Waals surface area contributed by atoms with Crippen LogP contribution in [0.2, 0.25) is 0 Å². The lowest BCUT2D eigenvalue weighted by atomic mass is 10.1. The van der Waals surface area contributed by atoms with E-state index in [1.165, 1.54) is 17.7 Å². The molecule has 2 rings (SSSR count). The number of halogens is 1. The third-order valence-corrected chi connectivity index (χ3v) is 4.90. The summed E-state index contributed by atoms with van der Waals surface area (Å²) in [6.45, 7) is 8.73. The van der Waals surface area contributed by atoms with Crippen molar-refractivity contribution in [3.8, 4) is 0 Å². The first kappa shape index (κ1) is 21.7. The van der Waals surface area contributed by atoms with Crippen molar-refractivity contribution in [1.82, 2.24) is 10.2 Å².